The van der Waals surface area contributed by atoms with Gasteiger partial charge in [-0.05, 0) is 29.5 Å². The van der Waals surface area contributed by atoms with E-state index in [0.717, 1.165) is 16.7 Å². The van der Waals surface area contributed by atoms with Crippen LogP contribution in [0.3, 0.4) is 0 Å². The minimum absolute atomic E-state index is 0.359. The summed E-state index contributed by atoms with van der Waals surface area (Å²) < 4.78 is 0. The number of aliphatic hydroxyl groups excluding tert-OH is 2. The summed E-state index contributed by atoms with van der Waals surface area (Å²) >= 11 is 0. The molecular formula is C27H35N3O2. The summed E-state index contributed by atoms with van der Waals surface area (Å²) in [7, 11) is 0. The van der Waals surface area contributed by atoms with Gasteiger partial charge in [0.2, 0.25) is 0 Å². The van der Waals surface area contributed by atoms with E-state index in [9.17, 15) is 10.2 Å². The number of nitrogens with zero attached hydrogens (tertiary/aromatic N) is 1. The number of hydrogen-bond donors (Lipinski definition) is 4. The highest BCUT2D eigenvalue weighted by molar-refractivity contribution is 5.18. The summed E-state index contributed by atoms with van der Waals surface area (Å²) in [5.74, 6) is 0. The van der Waals surface area contributed by atoms with Crippen LogP contribution in [0.2, 0.25) is 0 Å². The zero-order valence-electron chi connectivity index (χ0n) is 18.5. The average Bonchev–Trinajstić information content (AvgIpc) is 2.81. The summed E-state index contributed by atoms with van der Waals surface area (Å²) in [6.07, 6.45) is -0.262. The predicted octanol–water partition coefficient (Wildman–Crippen LogP) is 2.35. The molecule has 3 aromatic carbocycles. The molecule has 5 heteroatoms. The van der Waals surface area contributed by atoms with Crippen molar-refractivity contribution in [2.24, 2.45) is 11.5 Å². The third-order valence-corrected chi connectivity index (χ3v) is 5.76. The normalized spacial score (nSPS) is 15.3. The van der Waals surface area contributed by atoms with Gasteiger partial charge in [0.05, 0.1) is 12.2 Å². The van der Waals surface area contributed by atoms with E-state index in [1.54, 1.807) is 0 Å². The highest BCUT2D eigenvalue weighted by atomic mass is 16.3. The topological polar surface area (TPSA) is 95.7 Å². The van der Waals surface area contributed by atoms with Crippen molar-refractivity contribution in [3.8, 4) is 0 Å². The predicted molar refractivity (Wildman–Crippen MR) is 130 cm³/mol. The molecule has 32 heavy (non-hydrogen) atoms. The Morgan fingerprint density at radius 1 is 0.562 bits per heavy atom. The van der Waals surface area contributed by atoms with Crippen LogP contribution >= 0.6 is 0 Å². The molecule has 0 spiro atoms. The summed E-state index contributed by atoms with van der Waals surface area (Å²) in [6.45, 7) is 1.32. The van der Waals surface area contributed by atoms with Gasteiger partial charge in [0, 0.05) is 31.7 Å². The van der Waals surface area contributed by atoms with E-state index in [1.165, 1.54) is 0 Å². The highest BCUT2D eigenvalue weighted by Crippen LogP contribution is 2.12. The Hall–Kier alpha value is -2.54. The van der Waals surface area contributed by atoms with Crippen molar-refractivity contribution >= 4 is 0 Å². The van der Waals surface area contributed by atoms with E-state index < -0.39 is 24.3 Å². The molecule has 0 saturated carbocycles. The third-order valence-electron chi connectivity index (χ3n) is 5.76. The molecule has 0 aliphatic heterocycles. The Morgan fingerprint density at radius 3 is 1.28 bits per heavy atom. The third kappa shape index (κ3) is 7.86. The average molecular weight is 434 g/mol. The zero-order chi connectivity index (χ0) is 22.8. The highest BCUT2D eigenvalue weighted by Gasteiger charge is 2.23. The van der Waals surface area contributed by atoms with Crippen LogP contribution in [-0.2, 0) is 19.4 Å². The number of benzene rings is 3. The fourth-order valence-corrected chi connectivity index (χ4v) is 3.89. The van der Waals surface area contributed by atoms with E-state index in [4.69, 9.17) is 11.5 Å². The maximum absolute atomic E-state index is 10.8. The molecule has 0 saturated heterocycles. The van der Waals surface area contributed by atoms with E-state index in [1.807, 2.05) is 95.9 Å². The lowest BCUT2D eigenvalue weighted by Gasteiger charge is -2.31. The summed E-state index contributed by atoms with van der Waals surface area (Å²) in [6, 6.07) is 29.1. The van der Waals surface area contributed by atoms with Gasteiger partial charge in [0.15, 0.2) is 0 Å². The van der Waals surface area contributed by atoms with Gasteiger partial charge in [-0.2, -0.15) is 0 Å². The SMILES string of the molecule is NC(Cc1ccccc1)C(O)CN(Cc1ccccc1)CC(O)C(N)Cc1ccccc1. The molecule has 3 aromatic rings. The van der Waals surface area contributed by atoms with Gasteiger partial charge in [-0.1, -0.05) is 91.0 Å². The molecule has 0 aliphatic carbocycles. The molecule has 5 nitrogen and oxygen atoms in total. The molecule has 3 rings (SSSR count). The summed E-state index contributed by atoms with van der Waals surface area (Å²) in [4.78, 5) is 2.04. The largest absolute Gasteiger partial charge is 0.390 e. The Labute approximate surface area is 191 Å². The van der Waals surface area contributed by atoms with E-state index >= 15 is 0 Å². The molecule has 4 unspecified atom stereocenters. The molecule has 4 atom stereocenters. The fourth-order valence-electron chi connectivity index (χ4n) is 3.89. The second-order valence-corrected chi connectivity index (χ2v) is 8.52. The van der Waals surface area contributed by atoms with Crippen LogP contribution in [0.15, 0.2) is 91.0 Å². The molecule has 6 N–H and O–H groups in total. The van der Waals surface area contributed by atoms with E-state index in [2.05, 4.69) is 0 Å². The van der Waals surface area contributed by atoms with Crippen molar-refractivity contribution in [2.75, 3.05) is 13.1 Å². The van der Waals surface area contributed by atoms with Crippen molar-refractivity contribution in [3.63, 3.8) is 0 Å². The monoisotopic (exact) mass is 433 g/mol. The Morgan fingerprint density at radius 2 is 0.906 bits per heavy atom. The fraction of sp³-hybridized carbons (Fsp3) is 0.333. The summed E-state index contributed by atoms with van der Waals surface area (Å²) in [5.41, 5.74) is 15.9. The van der Waals surface area contributed by atoms with Crippen LogP contribution in [0, 0.1) is 0 Å². The first-order chi connectivity index (χ1) is 15.5. The zero-order valence-corrected chi connectivity index (χ0v) is 18.5. The lowest BCUT2D eigenvalue weighted by atomic mass is 10.00. The maximum Gasteiger partial charge on any atom is 0.0821 e. The lowest BCUT2D eigenvalue weighted by molar-refractivity contribution is 0.0455. The standard InChI is InChI=1S/C27H35N3O2/c28-24(16-21-10-4-1-5-11-21)26(31)19-30(18-23-14-8-3-9-15-23)20-27(32)25(29)17-22-12-6-2-7-13-22/h1-15,24-27,31-32H,16-20,28-29H2. The van der Waals surface area contributed by atoms with Crippen LogP contribution in [0.5, 0.6) is 0 Å². The smallest absolute Gasteiger partial charge is 0.0821 e. The quantitative estimate of drug-likeness (QED) is 0.352. The maximum atomic E-state index is 10.8. The van der Waals surface area contributed by atoms with Crippen molar-refractivity contribution in [3.05, 3.63) is 108 Å². The van der Waals surface area contributed by atoms with E-state index in [-0.39, 0.29) is 0 Å². The van der Waals surface area contributed by atoms with Gasteiger partial charge in [0.25, 0.3) is 0 Å². The minimum atomic E-state index is -0.725. The number of aliphatic hydroxyl groups is 2. The Bertz CT molecular complexity index is 837. The number of hydrogen-bond acceptors (Lipinski definition) is 5. The van der Waals surface area contributed by atoms with Crippen LogP contribution in [-0.4, -0.2) is 52.5 Å². The van der Waals surface area contributed by atoms with Crippen LogP contribution in [0.4, 0.5) is 0 Å². The number of nitrogens with two attached hydrogens (primary N) is 2. The lowest BCUT2D eigenvalue weighted by Crippen LogP contribution is -2.49. The molecule has 0 aromatic heterocycles. The second-order valence-electron chi connectivity index (χ2n) is 8.52. The van der Waals surface area contributed by atoms with Crippen LogP contribution < -0.4 is 11.5 Å². The molecule has 0 radical (unpaired) electrons. The molecule has 0 heterocycles. The van der Waals surface area contributed by atoms with Crippen molar-refractivity contribution < 1.29 is 10.2 Å². The number of rotatable bonds is 12. The molecular weight excluding hydrogens is 398 g/mol. The second kappa shape index (κ2) is 12.5. The molecule has 0 bridgehead atoms. The van der Waals surface area contributed by atoms with Gasteiger partial charge in [-0.15, -0.1) is 0 Å². The van der Waals surface area contributed by atoms with Crippen molar-refractivity contribution in [2.45, 2.75) is 43.7 Å². The first-order valence-electron chi connectivity index (χ1n) is 11.2. The van der Waals surface area contributed by atoms with Crippen LogP contribution in [0.25, 0.3) is 0 Å². The molecule has 170 valence electrons. The van der Waals surface area contributed by atoms with Crippen molar-refractivity contribution in [1.82, 2.24) is 4.90 Å². The van der Waals surface area contributed by atoms with Gasteiger partial charge < -0.3 is 21.7 Å². The van der Waals surface area contributed by atoms with E-state index in [0.29, 0.717) is 32.5 Å². The minimum Gasteiger partial charge on any atom is -0.390 e. The van der Waals surface area contributed by atoms with Gasteiger partial charge in [-0.3, -0.25) is 4.90 Å². The summed E-state index contributed by atoms with van der Waals surface area (Å²) in [5, 5.41) is 21.7. The van der Waals surface area contributed by atoms with Gasteiger partial charge >= 0.3 is 0 Å². The van der Waals surface area contributed by atoms with Crippen LogP contribution in [0.1, 0.15) is 16.7 Å². The van der Waals surface area contributed by atoms with Gasteiger partial charge in [-0.25, -0.2) is 0 Å². The van der Waals surface area contributed by atoms with Crippen molar-refractivity contribution in [1.29, 1.82) is 0 Å². The first kappa shape index (κ1) is 24.1. The molecule has 0 aliphatic rings. The Kier molecular flexibility index (Phi) is 9.41. The molecule has 0 amide bonds. The Balaban J connectivity index is 1.63. The molecule has 0 fully saturated rings. The van der Waals surface area contributed by atoms with Gasteiger partial charge in [0.1, 0.15) is 0 Å². The first-order valence-corrected chi connectivity index (χ1v) is 11.2.